The second-order valence-corrected chi connectivity index (χ2v) is 5.79. The molecule has 0 heterocycles. The topological polar surface area (TPSA) is 92.5 Å². The minimum absolute atomic E-state index is 0.0163. The third-order valence-electron chi connectivity index (χ3n) is 3.74. The minimum Gasteiger partial charge on any atom is -0.478 e. The van der Waals surface area contributed by atoms with Crippen LogP contribution in [0, 0.1) is 21.4 Å². The lowest BCUT2D eigenvalue weighted by atomic mass is 9.81. The van der Waals surface area contributed by atoms with Crippen LogP contribution >= 0.6 is 0 Å². The van der Waals surface area contributed by atoms with Gasteiger partial charge in [0, 0.05) is 24.4 Å². The first-order chi connectivity index (χ1) is 9.15. The number of nitro benzene ring substituents is 1. The van der Waals surface area contributed by atoms with E-state index >= 15 is 0 Å². The summed E-state index contributed by atoms with van der Waals surface area (Å²) >= 11 is 0. The smallest absolute Gasteiger partial charge is 0.338 e. The van der Waals surface area contributed by atoms with Crippen molar-refractivity contribution in [3.05, 3.63) is 33.9 Å². The molecule has 0 spiro atoms. The van der Waals surface area contributed by atoms with Crippen molar-refractivity contribution in [1.82, 2.24) is 0 Å². The van der Waals surface area contributed by atoms with Gasteiger partial charge in [0.25, 0.3) is 5.69 Å². The van der Waals surface area contributed by atoms with Crippen LogP contribution < -0.4 is 5.32 Å². The molecule has 1 rings (SSSR count). The standard InChI is InChI=1S/C14H20N2O4/c1-9(2)14(3,4)8-15-12-6-5-10(16(19)20)7-11(12)13(17)18/h5-7,9,15H,8H2,1-4H3,(H,17,18). The van der Waals surface area contributed by atoms with Crippen molar-refractivity contribution in [2.75, 3.05) is 11.9 Å². The summed E-state index contributed by atoms with van der Waals surface area (Å²) in [6, 6.07) is 3.82. The summed E-state index contributed by atoms with van der Waals surface area (Å²) in [7, 11) is 0. The summed E-state index contributed by atoms with van der Waals surface area (Å²) in [6.45, 7) is 8.93. The highest BCUT2D eigenvalue weighted by molar-refractivity contribution is 5.95. The fraction of sp³-hybridized carbons (Fsp3) is 0.500. The summed E-state index contributed by atoms with van der Waals surface area (Å²) < 4.78 is 0. The zero-order chi connectivity index (χ0) is 15.5. The minimum atomic E-state index is -1.18. The fourth-order valence-electron chi connectivity index (χ4n) is 1.50. The normalized spacial score (nSPS) is 11.4. The number of carbonyl (C=O) groups is 1. The van der Waals surface area contributed by atoms with Crippen LogP contribution in [0.2, 0.25) is 0 Å². The lowest BCUT2D eigenvalue weighted by Crippen LogP contribution is -2.29. The molecular weight excluding hydrogens is 260 g/mol. The average molecular weight is 280 g/mol. The molecule has 0 aliphatic heterocycles. The van der Waals surface area contributed by atoms with Crippen molar-refractivity contribution >= 4 is 17.3 Å². The molecule has 6 heteroatoms. The Labute approximate surface area is 118 Å². The first-order valence-corrected chi connectivity index (χ1v) is 6.41. The second-order valence-electron chi connectivity index (χ2n) is 5.79. The molecule has 0 fully saturated rings. The van der Waals surface area contributed by atoms with Crippen LogP contribution in [-0.4, -0.2) is 22.5 Å². The van der Waals surface area contributed by atoms with Gasteiger partial charge < -0.3 is 10.4 Å². The van der Waals surface area contributed by atoms with Gasteiger partial charge >= 0.3 is 5.97 Å². The number of aromatic carboxylic acids is 1. The Morgan fingerprint density at radius 2 is 2.05 bits per heavy atom. The van der Waals surface area contributed by atoms with E-state index in [0.717, 1.165) is 6.07 Å². The Morgan fingerprint density at radius 3 is 2.50 bits per heavy atom. The number of rotatable bonds is 6. The molecule has 0 aromatic heterocycles. The molecule has 0 bridgehead atoms. The summed E-state index contributed by atoms with van der Waals surface area (Å²) in [6.07, 6.45) is 0. The first kappa shape index (κ1) is 15.9. The SMILES string of the molecule is CC(C)C(C)(C)CNc1ccc([N+](=O)[O-])cc1C(=O)O. The Morgan fingerprint density at radius 1 is 1.45 bits per heavy atom. The van der Waals surface area contributed by atoms with Crippen molar-refractivity contribution in [3.63, 3.8) is 0 Å². The molecule has 110 valence electrons. The second kappa shape index (κ2) is 5.90. The van der Waals surface area contributed by atoms with Crippen LogP contribution in [0.4, 0.5) is 11.4 Å². The summed E-state index contributed by atoms with van der Waals surface area (Å²) in [4.78, 5) is 21.3. The molecule has 0 aliphatic rings. The lowest BCUT2D eigenvalue weighted by molar-refractivity contribution is -0.384. The molecule has 0 aliphatic carbocycles. The maximum absolute atomic E-state index is 11.2. The van der Waals surface area contributed by atoms with Crippen LogP contribution in [0.25, 0.3) is 0 Å². The zero-order valence-corrected chi connectivity index (χ0v) is 12.1. The number of nitrogens with zero attached hydrogens (tertiary/aromatic N) is 1. The van der Waals surface area contributed by atoms with Crippen molar-refractivity contribution in [2.45, 2.75) is 27.7 Å². The average Bonchev–Trinajstić information content (AvgIpc) is 2.35. The third-order valence-corrected chi connectivity index (χ3v) is 3.74. The van der Waals surface area contributed by atoms with E-state index < -0.39 is 10.9 Å². The Balaban J connectivity index is 3.01. The zero-order valence-electron chi connectivity index (χ0n) is 12.1. The molecule has 0 saturated heterocycles. The molecule has 0 amide bonds. The van der Waals surface area contributed by atoms with Gasteiger partial charge in [-0.05, 0) is 17.4 Å². The van der Waals surface area contributed by atoms with E-state index in [1.165, 1.54) is 12.1 Å². The third kappa shape index (κ3) is 3.69. The monoisotopic (exact) mass is 280 g/mol. The predicted molar refractivity (Wildman–Crippen MR) is 77.2 cm³/mol. The quantitative estimate of drug-likeness (QED) is 0.615. The van der Waals surface area contributed by atoms with Crippen LogP contribution in [0.3, 0.4) is 0 Å². The van der Waals surface area contributed by atoms with E-state index in [1.54, 1.807) is 0 Å². The summed E-state index contributed by atoms with van der Waals surface area (Å²) in [5.74, 6) is -0.764. The first-order valence-electron chi connectivity index (χ1n) is 6.41. The number of carboxylic acid groups (broad SMARTS) is 1. The van der Waals surface area contributed by atoms with E-state index in [0.29, 0.717) is 18.2 Å². The summed E-state index contributed by atoms with van der Waals surface area (Å²) in [5.41, 5.74) is 0.0732. The maximum atomic E-state index is 11.2. The Hall–Kier alpha value is -2.11. The van der Waals surface area contributed by atoms with E-state index in [-0.39, 0.29) is 16.7 Å². The van der Waals surface area contributed by atoms with Crippen LogP contribution in [0.1, 0.15) is 38.1 Å². The van der Waals surface area contributed by atoms with Gasteiger partial charge in [-0.2, -0.15) is 0 Å². The molecule has 20 heavy (non-hydrogen) atoms. The number of anilines is 1. The maximum Gasteiger partial charge on any atom is 0.338 e. The van der Waals surface area contributed by atoms with Crippen molar-refractivity contribution < 1.29 is 14.8 Å². The fourth-order valence-corrected chi connectivity index (χ4v) is 1.50. The van der Waals surface area contributed by atoms with Crippen LogP contribution in [0.15, 0.2) is 18.2 Å². The molecule has 2 N–H and O–H groups in total. The van der Waals surface area contributed by atoms with E-state index in [1.807, 2.05) is 0 Å². The molecule has 0 atom stereocenters. The van der Waals surface area contributed by atoms with Crippen LogP contribution in [0.5, 0.6) is 0 Å². The number of non-ortho nitro benzene ring substituents is 1. The van der Waals surface area contributed by atoms with Crippen LogP contribution in [-0.2, 0) is 0 Å². The molecule has 0 unspecified atom stereocenters. The number of hydrogen-bond donors (Lipinski definition) is 2. The predicted octanol–water partition coefficient (Wildman–Crippen LogP) is 3.39. The number of benzene rings is 1. The summed E-state index contributed by atoms with van der Waals surface area (Å²) in [5, 5.41) is 22.9. The van der Waals surface area contributed by atoms with E-state index in [2.05, 4.69) is 33.0 Å². The number of hydrogen-bond acceptors (Lipinski definition) is 4. The molecule has 1 aromatic rings. The van der Waals surface area contributed by atoms with Crippen molar-refractivity contribution in [2.24, 2.45) is 11.3 Å². The highest BCUT2D eigenvalue weighted by Gasteiger charge is 2.23. The highest BCUT2D eigenvalue weighted by atomic mass is 16.6. The van der Waals surface area contributed by atoms with Gasteiger partial charge in [-0.3, -0.25) is 10.1 Å². The lowest BCUT2D eigenvalue weighted by Gasteiger charge is -2.30. The van der Waals surface area contributed by atoms with Gasteiger partial charge in [0.05, 0.1) is 10.5 Å². The molecule has 1 aromatic carbocycles. The van der Waals surface area contributed by atoms with Gasteiger partial charge in [0.15, 0.2) is 0 Å². The van der Waals surface area contributed by atoms with E-state index in [9.17, 15) is 14.9 Å². The molecule has 0 radical (unpaired) electrons. The van der Waals surface area contributed by atoms with Crippen molar-refractivity contribution in [1.29, 1.82) is 0 Å². The molecule has 0 saturated carbocycles. The van der Waals surface area contributed by atoms with Gasteiger partial charge in [0.1, 0.15) is 0 Å². The number of carboxylic acids is 1. The van der Waals surface area contributed by atoms with Gasteiger partial charge in [-0.25, -0.2) is 4.79 Å². The van der Waals surface area contributed by atoms with E-state index in [4.69, 9.17) is 5.11 Å². The molecule has 6 nitrogen and oxygen atoms in total. The van der Waals surface area contributed by atoms with Gasteiger partial charge in [-0.15, -0.1) is 0 Å². The number of nitrogens with one attached hydrogen (secondary N) is 1. The Kier molecular flexibility index (Phi) is 4.70. The van der Waals surface area contributed by atoms with Gasteiger partial charge in [0.2, 0.25) is 0 Å². The largest absolute Gasteiger partial charge is 0.478 e. The van der Waals surface area contributed by atoms with Crippen molar-refractivity contribution in [3.8, 4) is 0 Å². The number of nitro groups is 1. The molecular formula is C14H20N2O4. The Bertz CT molecular complexity index is 524. The van der Waals surface area contributed by atoms with Gasteiger partial charge in [-0.1, -0.05) is 27.7 Å². The highest BCUT2D eigenvalue weighted by Crippen LogP contribution is 2.28.